The molecule has 0 unspecified atom stereocenters. The van der Waals surface area contributed by atoms with E-state index in [2.05, 4.69) is 10.1 Å². The zero-order chi connectivity index (χ0) is 13.6. The molecule has 0 aliphatic heterocycles. The molecule has 108 valence electrons. The summed E-state index contributed by atoms with van der Waals surface area (Å²) >= 11 is 0. The van der Waals surface area contributed by atoms with E-state index in [1.165, 1.54) is 6.07 Å². The smallest absolute Gasteiger partial charge is 0.260 e. The highest BCUT2D eigenvalue weighted by molar-refractivity contribution is 5.85. The Morgan fingerprint density at radius 3 is 2.55 bits per heavy atom. The lowest BCUT2D eigenvalue weighted by molar-refractivity contribution is 0.229. The van der Waals surface area contributed by atoms with Crippen LogP contribution in [-0.4, -0.2) is 10.1 Å². The predicted octanol–water partition coefficient (Wildman–Crippen LogP) is 3.08. The van der Waals surface area contributed by atoms with Crippen molar-refractivity contribution in [2.24, 2.45) is 5.73 Å². The number of benzene rings is 1. The molecule has 0 radical (unpaired) electrons. The maximum atomic E-state index is 13.7. The summed E-state index contributed by atoms with van der Waals surface area (Å²) in [4.78, 5) is 4.14. The van der Waals surface area contributed by atoms with Gasteiger partial charge in [0, 0.05) is 6.07 Å². The Labute approximate surface area is 120 Å². The fraction of sp³-hybridized carbons (Fsp3) is 0.385. The van der Waals surface area contributed by atoms with E-state index in [1.54, 1.807) is 6.92 Å². The maximum absolute atomic E-state index is 13.7. The standard InChI is InChI=1S/C13H13F2N3O.ClH/c1-7-5-8(10(15)6-9(7)14)11-17-12(18-19-11)13(16)3-2-4-13;/h5-6H,2-4,16H2,1H3;1H. The number of rotatable bonds is 2. The summed E-state index contributed by atoms with van der Waals surface area (Å²) in [6.45, 7) is 1.55. The SMILES string of the molecule is Cc1cc(-c2nc(C3(N)CCC3)no2)c(F)cc1F.Cl. The number of aromatic nitrogens is 2. The first kappa shape index (κ1) is 14.9. The second-order valence-electron chi connectivity index (χ2n) is 5.01. The van der Waals surface area contributed by atoms with E-state index in [4.69, 9.17) is 10.3 Å². The average molecular weight is 302 g/mol. The van der Waals surface area contributed by atoms with Gasteiger partial charge in [-0.2, -0.15) is 4.98 Å². The Kier molecular flexibility index (Phi) is 3.80. The molecule has 3 rings (SSSR count). The molecule has 0 amide bonds. The normalized spacial score (nSPS) is 16.4. The fourth-order valence-corrected chi connectivity index (χ4v) is 2.14. The number of aryl methyl sites for hydroxylation is 1. The Bertz CT molecular complexity index is 641. The van der Waals surface area contributed by atoms with Gasteiger partial charge < -0.3 is 10.3 Å². The molecule has 20 heavy (non-hydrogen) atoms. The lowest BCUT2D eigenvalue weighted by Crippen LogP contribution is -2.44. The van der Waals surface area contributed by atoms with Gasteiger partial charge in [-0.15, -0.1) is 12.4 Å². The van der Waals surface area contributed by atoms with E-state index in [9.17, 15) is 8.78 Å². The number of hydrogen-bond acceptors (Lipinski definition) is 4. The zero-order valence-corrected chi connectivity index (χ0v) is 11.6. The highest BCUT2D eigenvalue weighted by Gasteiger charge is 2.39. The number of hydrogen-bond donors (Lipinski definition) is 1. The van der Waals surface area contributed by atoms with Crippen molar-refractivity contribution in [3.8, 4) is 11.5 Å². The van der Waals surface area contributed by atoms with Crippen LogP contribution in [0.1, 0.15) is 30.7 Å². The van der Waals surface area contributed by atoms with Crippen LogP contribution in [0.15, 0.2) is 16.7 Å². The molecule has 1 fully saturated rings. The maximum Gasteiger partial charge on any atom is 0.260 e. The van der Waals surface area contributed by atoms with Crippen molar-refractivity contribution in [1.82, 2.24) is 10.1 Å². The van der Waals surface area contributed by atoms with E-state index in [-0.39, 0.29) is 23.9 Å². The van der Waals surface area contributed by atoms with E-state index < -0.39 is 17.2 Å². The van der Waals surface area contributed by atoms with Crippen LogP contribution >= 0.6 is 12.4 Å². The Balaban J connectivity index is 0.00000147. The number of nitrogens with zero attached hydrogens (tertiary/aromatic N) is 2. The van der Waals surface area contributed by atoms with Crippen LogP contribution in [0, 0.1) is 18.6 Å². The van der Waals surface area contributed by atoms with Crippen molar-refractivity contribution in [3.63, 3.8) is 0 Å². The minimum absolute atomic E-state index is 0. The van der Waals surface area contributed by atoms with Gasteiger partial charge in [0.2, 0.25) is 0 Å². The van der Waals surface area contributed by atoms with Gasteiger partial charge >= 0.3 is 0 Å². The molecule has 2 aromatic rings. The molecule has 1 aliphatic carbocycles. The lowest BCUT2D eigenvalue weighted by Gasteiger charge is -2.34. The van der Waals surface area contributed by atoms with Gasteiger partial charge in [-0.05, 0) is 37.8 Å². The van der Waals surface area contributed by atoms with Crippen molar-refractivity contribution < 1.29 is 13.3 Å². The van der Waals surface area contributed by atoms with Crippen molar-refractivity contribution >= 4 is 12.4 Å². The van der Waals surface area contributed by atoms with E-state index in [0.29, 0.717) is 11.4 Å². The monoisotopic (exact) mass is 301 g/mol. The first-order chi connectivity index (χ1) is 8.99. The molecule has 1 heterocycles. The molecule has 0 saturated heterocycles. The number of nitrogens with two attached hydrogens (primary N) is 1. The van der Waals surface area contributed by atoms with E-state index >= 15 is 0 Å². The van der Waals surface area contributed by atoms with Crippen LogP contribution in [0.25, 0.3) is 11.5 Å². The molecule has 0 atom stereocenters. The molecule has 1 aliphatic rings. The first-order valence-electron chi connectivity index (χ1n) is 6.09. The van der Waals surface area contributed by atoms with Crippen LogP contribution in [0.2, 0.25) is 0 Å². The Hall–Kier alpha value is -1.53. The van der Waals surface area contributed by atoms with Crippen LogP contribution in [0.3, 0.4) is 0 Å². The van der Waals surface area contributed by atoms with Crippen molar-refractivity contribution in [2.45, 2.75) is 31.7 Å². The summed E-state index contributed by atoms with van der Waals surface area (Å²) in [6, 6.07) is 2.17. The Morgan fingerprint density at radius 1 is 1.25 bits per heavy atom. The molecule has 1 saturated carbocycles. The quantitative estimate of drug-likeness (QED) is 0.926. The van der Waals surface area contributed by atoms with Crippen LogP contribution in [0.5, 0.6) is 0 Å². The van der Waals surface area contributed by atoms with Crippen molar-refractivity contribution in [2.75, 3.05) is 0 Å². The molecule has 1 aromatic heterocycles. The molecular formula is C13H14ClF2N3O. The Morgan fingerprint density at radius 2 is 1.95 bits per heavy atom. The molecule has 0 spiro atoms. The van der Waals surface area contributed by atoms with Gasteiger partial charge in [-0.3, -0.25) is 0 Å². The minimum atomic E-state index is -0.724. The topological polar surface area (TPSA) is 64.9 Å². The number of halogens is 3. The van der Waals surface area contributed by atoms with Crippen LogP contribution in [-0.2, 0) is 5.54 Å². The summed E-state index contributed by atoms with van der Waals surface area (Å²) in [7, 11) is 0. The predicted molar refractivity (Wildman–Crippen MR) is 71.4 cm³/mol. The van der Waals surface area contributed by atoms with Gasteiger partial charge in [-0.25, -0.2) is 8.78 Å². The van der Waals surface area contributed by atoms with Gasteiger partial charge in [0.05, 0.1) is 11.1 Å². The summed E-state index contributed by atoms with van der Waals surface area (Å²) in [5.74, 6) is -0.907. The summed E-state index contributed by atoms with van der Waals surface area (Å²) in [5.41, 5.74) is 5.93. The molecule has 7 heteroatoms. The highest BCUT2D eigenvalue weighted by atomic mass is 35.5. The van der Waals surface area contributed by atoms with E-state index in [1.807, 2.05) is 0 Å². The van der Waals surface area contributed by atoms with Crippen LogP contribution < -0.4 is 5.73 Å². The van der Waals surface area contributed by atoms with Gasteiger partial charge in [0.15, 0.2) is 5.82 Å². The van der Waals surface area contributed by atoms with Gasteiger partial charge in [0.25, 0.3) is 5.89 Å². The fourth-order valence-electron chi connectivity index (χ4n) is 2.14. The van der Waals surface area contributed by atoms with Gasteiger partial charge in [0.1, 0.15) is 11.6 Å². The van der Waals surface area contributed by atoms with Crippen molar-refractivity contribution in [3.05, 3.63) is 35.2 Å². The third-order valence-electron chi connectivity index (χ3n) is 3.60. The lowest BCUT2D eigenvalue weighted by atomic mass is 9.77. The second kappa shape index (κ2) is 5.10. The molecule has 1 aromatic carbocycles. The summed E-state index contributed by atoms with van der Waals surface area (Å²) in [5, 5.41) is 3.81. The van der Waals surface area contributed by atoms with Gasteiger partial charge in [-0.1, -0.05) is 5.16 Å². The summed E-state index contributed by atoms with van der Waals surface area (Å²) < 4.78 is 32.0. The highest BCUT2D eigenvalue weighted by Crippen LogP contribution is 2.38. The molecule has 0 bridgehead atoms. The van der Waals surface area contributed by atoms with E-state index in [0.717, 1.165) is 25.3 Å². The molecule has 2 N–H and O–H groups in total. The summed E-state index contributed by atoms with van der Waals surface area (Å²) in [6.07, 6.45) is 2.60. The molecular weight excluding hydrogens is 288 g/mol. The zero-order valence-electron chi connectivity index (χ0n) is 10.8. The minimum Gasteiger partial charge on any atom is -0.334 e. The molecule has 4 nitrogen and oxygen atoms in total. The third kappa shape index (κ3) is 2.29. The first-order valence-corrected chi connectivity index (χ1v) is 6.09. The van der Waals surface area contributed by atoms with Crippen LogP contribution in [0.4, 0.5) is 8.78 Å². The largest absolute Gasteiger partial charge is 0.334 e. The van der Waals surface area contributed by atoms with Crippen molar-refractivity contribution in [1.29, 1.82) is 0 Å². The average Bonchev–Trinajstić information content (AvgIpc) is 2.80. The third-order valence-corrected chi connectivity index (χ3v) is 3.60. The second-order valence-corrected chi connectivity index (χ2v) is 5.01.